The molecule has 7 nitrogen and oxygen atoms in total. The van der Waals surface area contributed by atoms with E-state index in [4.69, 9.17) is 4.74 Å². The van der Waals surface area contributed by atoms with Crippen LogP contribution in [0.5, 0.6) is 0 Å². The molecular formula is C28H30N2O5. The second-order valence-electron chi connectivity index (χ2n) is 9.89. The summed E-state index contributed by atoms with van der Waals surface area (Å²) in [5.74, 6) is -1.50. The lowest BCUT2D eigenvalue weighted by Crippen LogP contribution is -2.41. The predicted molar refractivity (Wildman–Crippen MR) is 131 cm³/mol. The molecule has 0 radical (unpaired) electrons. The SMILES string of the molecule is C/C(=C\CNC(=O)OCC1c2ccccc2-c2ccccc21)C(=O)N1CC(C(=O)O)C2(CCC2)C1. The molecule has 1 heterocycles. The fourth-order valence-corrected chi connectivity index (χ4v) is 5.87. The zero-order valence-electron chi connectivity index (χ0n) is 19.8. The van der Waals surface area contributed by atoms with Gasteiger partial charge in [0, 0.05) is 36.5 Å². The number of nitrogens with one attached hydrogen (secondary N) is 1. The highest BCUT2D eigenvalue weighted by molar-refractivity contribution is 5.93. The van der Waals surface area contributed by atoms with Gasteiger partial charge in [-0.25, -0.2) is 4.79 Å². The topological polar surface area (TPSA) is 95.9 Å². The Morgan fingerprint density at radius 3 is 2.26 bits per heavy atom. The highest BCUT2D eigenvalue weighted by atomic mass is 16.5. The monoisotopic (exact) mass is 474 g/mol. The highest BCUT2D eigenvalue weighted by Gasteiger charge is 2.54. The molecule has 7 heteroatoms. The van der Waals surface area contributed by atoms with Gasteiger partial charge in [-0.1, -0.05) is 61.0 Å². The lowest BCUT2D eigenvalue weighted by atomic mass is 9.63. The molecule has 2 aliphatic carbocycles. The van der Waals surface area contributed by atoms with Gasteiger partial charge in [-0.05, 0) is 42.0 Å². The molecule has 2 aromatic rings. The predicted octanol–water partition coefficient (Wildman–Crippen LogP) is 4.18. The minimum Gasteiger partial charge on any atom is -0.481 e. The summed E-state index contributed by atoms with van der Waals surface area (Å²) in [7, 11) is 0. The summed E-state index contributed by atoms with van der Waals surface area (Å²) in [6, 6.07) is 16.3. The first-order valence-corrected chi connectivity index (χ1v) is 12.2. The Kier molecular flexibility index (Phi) is 6.09. The smallest absolute Gasteiger partial charge is 0.407 e. The highest BCUT2D eigenvalue weighted by Crippen LogP contribution is 2.52. The maximum atomic E-state index is 12.9. The summed E-state index contributed by atoms with van der Waals surface area (Å²) >= 11 is 0. The van der Waals surface area contributed by atoms with Gasteiger partial charge in [0.25, 0.3) is 0 Å². The number of amides is 2. The number of benzene rings is 2. The molecule has 5 rings (SSSR count). The summed E-state index contributed by atoms with van der Waals surface area (Å²) < 4.78 is 5.53. The standard InChI is InChI=1S/C28H30N2O5/c1-18(25(31)30-15-24(26(32)33)28(17-30)12-6-13-28)11-14-29-27(34)35-16-23-21-9-4-2-7-19(21)20-8-3-5-10-22(20)23/h2-5,7-11,23-24H,6,12-17H2,1H3,(H,29,34)(H,32,33)/b18-11+. The average Bonchev–Trinajstić information content (AvgIpc) is 3.40. The minimum absolute atomic E-state index is 0.0109. The van der Waals surface area contributed by atoms with Crippen LogP contribution >= 0.6 is 0 Å². The Balaban J connectivity index is 1.14. The molecule has 2 fully saturated rings. The molecule has 1 atom stereocenters. The number of carbonyl (C=O) groups excluding carboxylic acids is 2. The van der Waals surface area contributed by atoms with Crippen molar-refractivity contribution in [2.75, 3.05) is 26.2 Å². The van der Waals surface area contributed by atoms with Crippen LogP contribution in [0.15, 0.2) is 60.2 Å². The Hall–Kier alpha value is -3.61. The molecule has 3 aliphatic rings. The van der Waals surface area contributed by atoms with Gasteiger partial charge in [0.1, 0.15) is 6.61 Å². The third-order valence-corrected chi connectivity index (χ3v) is 7.92. The molecule has 2 N–H and O–H groups in total. The first kappa shape index (κ1) is 23.1. The number of hydrogen-bond donors (Lipinski definition) is 2. The maximum Gasteiger partial charge on any atom is 0.407 e. The van der Waals surface area contributed by atoms with Crippen molar-refractivity contribution in [3.05, 3.63) is 71.3 Å². The van der Waals surface area contributed by atoms with E-state index in [1.54, 1.807) is 17.9 Å². The molecule has 1 saturated carbocycles. The number of likely N-dealkylation sites (tertiary alicyclic amines) is 1. The van der Waals surface area contributed by atoms with Crippen LogP contribution in [0, 0.1) is 11.3 Å². The summed E-state index contributed by atoms with van der Waals surface area (Å²) in [5, 5.41) is 12.3. The zero-order chi connectivity index (χ0) is 24.6. The zero-order valence-corrected chi connectivity index (χ0v) is 19.8. The normalized spacial score (nSPS) is 20.2. The lowest BCUT2D eigenvalue weighted by Gasteiger charge is -2.40. The molecule has 1 saturated heterocycles. The molecule has 0 bridgehead atoms. The van der Waals surface area contributed by atoms with Crippen molar-refractivity contribution in [1.82, 2.24) is 10.2 Å². The van der Waals surface area contributed by atoms with Crippen LogP contribution < -0.4 is 5.32 Å². The number of fused-ring (bicyclic) bond motifs is 3. The molecule has 35 heavy (non-hydrogen) atoms. The van der Waals surface area contributed by atoms with Crippen LogP contribution in [-0.4, -0.2) is 54.2 Å². The molecule has 1 spiro atoms. The van der Waals surface area contributed by atoms with Crippen molar-refractivity contribution in [3.63, 3.8) is 0 Å². The molecule has 2 aromatic carbocycles. The number of aliphatic carboxylic acids is 1. The van der Waals surface area contributed by atoms with Crippen LogP contribution in [0.2, 0.25) is 0 Å². The first-order valence-electron chi connectivity index (χ1n) is 12.2. The second-order valence-corrected chi connectivity index (χ2v) is 9.89. The molecule has 1 unspecified atom stereocenters. The summed E-state index contributed by atoms with van der Waals surface area (Å²) in [4.78, 5) is 38.6. The number of carboxylic acid groups (broad SMARTS) is 1. The van der Waals surface area contributed by atoms with Gasteiger partial charge in [-0.15, -0.1) is 0 Å². The number of carboxylic acids is 1. The van der Waals surface area contributed by atoms with E-state index in [0.717, 1.165) is 30.4 Å². The number of alkyl carbamates (subject to hydrolysis) is 1. The summed E-state index contributed by atoms with van der Waals surface area (Å²) in [5.41, 5.74) is 4.87. The van der Waals surface area contributed by atoms with Crippen LogP contribution in [0.4, 0.5) is 4.79 Å². The molecular weight excluding hydrogens is 444 g/mol. The number of hydrogen-bond acceptors (Lipinski definition) is 4. The second kappa shape index (κ2) is 9.21. The number of nitrogens with zero attached hydrogens (tertiary/aromatic N) is 1. The van der Waals surface area contributed by atoms with Crippen molar-refractivity contribution in [1.29, 1.82) is 0 Å². The lowest BCUT2D eigenvalue weighted by molar-refractivity contribution is -0.146. The van der Waals surface area contributed by atoms with E-state index in [0.29, 0.717) is 12.1 Å². The van der Waals surface area contributed by atoms with Gasteiger partial charge in [-0.3, -0.25) is 9.59 Å². The fraction of sp³-hybridized carbons (Fsp3) is 0.393. The van der Waals surface area contributed by atoms with Gasteiger partial charge >= 0.3 is 12.1 Å². The Morgan fingerprint density at radius 2 is 1.71 bits per heavy atom. The fourth-order valence-electron chi connectivity index (χ4n) is 5.87. The number of rotatable bonds is 6. The van der Waals surface area contributed by atoms with Gasteiger partial charge in [0.05, 0.1) is 5.92 Å². The largest absolute Gasteiger partial charge is 0.481 e. The quantitative estimate of drug-likeness (QED) is 0.613. The van der Waals surface area contributed by atoms with Crippen LogP contribution in [0.25, 0.3) is 11.1 Å². The van der Waals surface area contributed by atoms with E-state index < -0.39 is 18.0 Å². The van der Waals surface area contributed by atoms with E-state index in [9.17, 15) is 19.5 Å². The van der Waals surface area contributed by atoms with Crippen molar-refractivity contribution in [2.24, 2.45) is 11.3 Å². The third-order valence-electron chi connectivity index (χ3n) is 7.92. The molecule has 1 aliphatic heterocycles. The summed E-state index contributed by atoms with van der Waals surface area (Å²) in [6.45, 7) is 2.83. The van der Waals surface area contributed by atoms with E-state index in [-0.39, 0.29) is 36.9 Å². The molecule has 0 aromatic heterocycles. The summed E-state index contributed by atoms with van der Waals surface area (Å²) in [6.07, 6.45) is 3.86. The average molecular weight is 475 g/mol. The van der Waals surface area contributed by atoms with Gasteiger partial charge in [0.2, 0.25) is 5.91 Å². The van der Waals surface area contributed by atoms with Gasteiger partial charge in [-0.2, -0.15) is 0 Å². The van der Waals surface area contributed by atoms with E-state index in [2.05, 4.69) is 29.6 Å². The number of carbonyl (C=O) groups is 3. The van der Waals surface area contributed by atoms with Crippen LogP contribution in [0.1, 0.15) is 43.2 Å². The van der Waals surface area contributed by atoms with E-state index in [1.807, 2.05) is 24.3 Å². The van der Waals surface area contributed by atoms with Crippen LogP contribution in [0.3, 0.4) is 0 Å². The van der Waals surface area contributed by atoms with Gasteiger partial charge in [0.15, 0.2) is 0 Å². The van der Waals surface area contributed by atoms with E-state index in [1.165, 1.54) is 11.1 Å². The Morgan fingerprint density at radius 1 is 1.09 bits per heavy atom. The van der Waals surface area contributed by atoms with Crippen molar-refractivity contribution in [3.8, 4) is 11.1 Å². The Labute approximate surface area is 204 Å². The third kappa shape index (κ3) is 4.20. The van der Waals surface area contributed by atoms with Crippen molar-refractivity contribution in [2.45, 2.75) is 32.1 Å². The van der Waals surface area contributed by atoms with Crippen LogP contribution in [-0.2, 0) is 14.3 Å². The Bertz CT molecular complexity index is 1150. The first-order chi connectivity index (χ1) is 16.9. The van der Waals surface area contributed by atoms with Gasteiger partial charge < -0.3 is 20.1 Å². The minimum atomic E-state index is -0.821. The van der Waals surface area contributed by atoms with E-state index >= 15 is 0 Å². The molecule has 2 amide bonds. The van der Waals surface area contributed by atoms with Crippen molar-refractivity contribution >= 4 is 18.0 Å². The molecule has 182 valence electrons. The van der Waals surface area contributed by atoms with Crippen molar-refractivity contribution < 1.29 is 24.2 Å². The maximum absolute atomic E-state index is 12.9. The number of ether oxygens (including phenoxy) is 1.